The molecule has 0 aliphatic rings. The van der Waals surface area contributed by atoms with Crippen molar-refractivity contribution in [3.63, 3.8) is 0 Å². The Morgan fingerprint density at radius 3 is 2.61 bits per heavy atom. The molecule has 31 heavy (non-hydrogen) atoms. The van der Waals surface area contributed by atoms with Crippen molar-refractivity contribution in [3.8, 4) is 5.82 Å². The van der Waals surface area contributed by atoms with Crippen molar-refractivity contribution in [1.82, 2.24) is 14.8 Å². The molecule has 0 aliphatic carbocycles. The summed E-state index contributed by atoms with van der Waals surface area (Å²) in [5, 5.41) is 6.76. The maximum atomic E-state index is 13.2. The van der Waals surface area contributed by atoms with Gasteiger partial charge >= 0.3 is 6.18 Å². The largest absolute Gasteiger partial charge is 0.435 e. The third-order valence-corrected chi connectivity index (χ3v) is 4.33. The number of nitrogens with one attached hydrogen (secondary N) is 1. The summed E-state index contributed by atoms with van der Waals surface area (Å²) in [5.41, 5.74) is 4.26. The molecule has 0 saturated carbocycles. The number of carbonyl (C=O) groups excluding carboxylic acids is 2. The number of rotatable bonds is 6. The van der Waals surface area contributed by atoms with Gasteiger partial charge in [-0.3, -0.25) is 9.59 Å². The van der Waals surface area contributed by atoms with Gasteiger partial charge in [0.15, 0.2) is 11.5 Å². The minimum atomic E-state index is -4.80. The van der Waals surface area contributed by atoms with Crippen LogP contribution in [0.1, 0.15) is 21.7 Å². The van der Waals surface area contributed by atoms with Crippen molar-refractivity contribution in [2.75, 3.05) is 10.3 Å². The Kier molecular flexibility index (Phi) is 6.24. The van der Waals surface area contributed by atoms with Crippen LogP contribution in [0.2, 0.25) is 5.02 Å². The fourth-order valence-electron chi connectivity index (χ4n) is 2.73. The summed E-state index contributed by atoms with van der Waals surface area (Å²) in [7, 11) is 0. The van der Waals surface area contributed by atoms with Crippen LogP contribution in [-0.4, -0.2) is 27.1 Å². The van der Waals surface area contributed by atoms with Crippen LogP contribution in [0.25, 0.3) is 5.82 Å². The minimum Gasteiger partial charge on any atom is -0.326 e. The zero-order chi connectivity index (χ0) is 22.8. The molecule has 0 aliphatic heterocycles. The minimum absolute atomic E-state index is 0.00348. The van der Waals surface area contributed by atoms with E-state index in [2.05, 4.69) is 15.4 Å². The number of benzene rings is 1. The first-order valence-corrected chi connectivity index (χ1v) is 8.95. The number of nitrogens with two attached hydrogens (primary N) is 2. The average Bonchev–Trinajstić information content (AvgIpc) is 3.21. The quantitative estimate of drug-likeness (QED) is 0.227. The normalized spacial score (nSPS) is 11.3. The number of nitrogens with zero attached hydrogens (tertiary/aromatic N) is 4. The highest BCUT2D eigenvalue weighted by molar-refractivity contribution is 6.31. The second-order valence-corrected chi connectivity index (χ2v) is 6.58. The monoisotopic (exact) mass is 453 g/mol. The Balaban J connectivity index is 2.11. The van der Waals surface area contributed by atoms with E-state index in [1.54, 1.807) is 6.07 Å². The molecular formula is C18H15ClF3N7O2. The van der Waals surface area contributed by atoms with Crippen molar-refractivity contribution in [2.24, 2.45) is 11.6 Å². The van der Waals surface area contributed by atoms with E-state index in [-0.39, 0.29) is 35.2 Å². The van der Waals surface area contributed by atoms with E-state index in [1.165, 1.54) is 30.5 Å². The van der Waals surface area contributed by atoms with E-state index < -0.39 is 23.5 Å². The van der Waals surface area contributed by atoms with Gasteiger partial charge in [0.05, 0.1) is 11.4 Å². The number of carbonyl (C=O) groups is 2. The molecule has 2 aromatic heterocycles. The Bertz CT molecular complexity index is 1120. The molecule has 2 amide bonds. The first kappa shape index (κ1) is 22.2. The summed E-state index contributed by atoms with van der Waals surface area (Å²) >= 11 is 6.00. The van der Waals surface area contributed by atoms with E-state index >= 15 is 0 Å². The van der Waals surface area contributed by atoms with Crippen LogP contribution in [0.3, 0.4) is 0 Å². The van der Waals surface area contributed by atoms with Crippen LogP contribution in [0, 0.1) is 0 Å². The van der Waals surface area contributed by atoms with Gasteiger partial charge in [-0.05, 0) is 29.8 Å². The highest BCUT2D eigenvalue weighted by atomic mass is 35.5. The fraction of sp³-hybridized carbons (Fsp3) is 0.111. The first-order valence-electron chi connectivity index (χ1n) is 8.57. The maximum Gasteiger partial charge on any atom is 0.435 e. The zero-order valence-corrected chi connectivity index (χ0v) is 16.4. The van der Waals surface area contributed by atoms with Crippen molar-refractivity contribution in [1.29, 1.82) is 0 Å². The van der Waals surface area contributed by atoms with Crippen LogP contribution >= 0.6 is 11.6 Å². The lowest BCUT2D eigenvalue weighted by Gasteiger charge is -2.20. The molecule has 0 unspecified atom stereocenters. The number of anilines is 2. The van der Waals surface area contributed by atoms with Crippen molar-refractivity contribution in [3.05, 3.63) is 64.6 Å². The zero-order valence-electron chi connectivity index (χ0n) is 15.6. The molecule has 0 atom stereocenters. The highest BCUT2D eigenvalue weighted by Crippen LogP contribution is 2.33. The molecule has 13 heteroatoms. The third-order valence-electron chi connectivity index (χ3n) is 4.11. The van der Waals surface area contributed by atoms with Crippen molar-refractivity contribution >= 4 is 35.3 Å². The number of halogens is 4. The number of alkyl halides is 3. The van der Waals surface area contributed by atoms with Crippen LogP contribution < -0.4 is 21.9 Å². The van der Waals surface area contributed by atoms with Gasteiger partial charge in [-0.1, -0.05) is 17.7 Å². The first-order chi connectivity index (χ1) is 14.7. The molecule has 9 nitrogen and oxygen atoms in total. The van der Waals surface area contributed by atoms with E-state index in [9.17, 15) is 22.8 Å². The topological polar surface area (TPSA) is 132 Å². The summed E-state index contributed by atoms with van der Waals surface area (Å²) < 4.78 is 40.5. The lowest BCUT2D eigenvalue weighted by molar-refractivity contribution is -0.141. The SMILES string of the molecule is NCc1cc(Cl)cc(N(N)C=O)c1NC(=O)c1cc(C(F)(F)F)nn1-c1ccccn1. The number of aromatic nitrogens is 3. The predicted molar refractivity (Wildman–Crippen MR) is 106 cm³/mol. The highest BCUT2D eigenvalue weighted by Gasteiger charge is 2.36. The molecule has 0 bridgehead atoms. The number of hydrogen-bond acceptors (Lipinski definition) is 6. The standard InChI is InChI=1S/C18H15ClF3N7O2/c19-11-5-10(8-23)16(12(6-11)28(24)9-30)26-17(31)13-7-14(18(20,21)22)27-29(13)15-3-1-2-4-25-15/h1-7,9H,8,23-24H2,(H,26,31). The smallest absolute Gasteiger partial charge is 0.326 e. The molecule has 1 aromatic carbocycles. The van der Waals surface area contributed by atoms with E-state index in [0.717, 1.165) is 4.68 Å². The summed E-state index contributed by atoms with van der Waals surface area (Å²) in [4.78, 5) is 28.1. The molecule has 0 spiro atoms. The maximum absolute atomic E-state index is 13.2. The Hall–Kier alpha value is -3.48. The molecule has 3 rings (SSSR count). The van der Waals surface area contributed by atoms with Crippen LogP contribution in [0.4, 0.5) is 24.5 Å². The van der Waals surface area contributed by atoms with Gasteiger partial charge in [0.25, 0.3) is 5.91 Å². The van der Waals surface area contributed by atoms with Gasteiger partial charge in [-0.15, -0.1) is 0 Å². The molecule has 162 valence electrons. The van der Waals surface area contributed by atoms with Gasteiger partial charge in [0.2, 0.25) is 6.41 Å². The lowest BCUT2D eigenvalue weighted by atomic mass is 10.1. The number of amides is 2. The van der Waals surface area contributed by atoms with Crippen LogP contribution in [-0.2, 0) is 17.5 Å². The number of pyridine rings is 1. The van der Waals surface area contributed by atoms with Crippen LogP contribution in [0.15, 0.2) is 42.6 Å². The molecule has 0 saturated heterocycles. The predicted octanol–water partition coefficient (Wildman–Crippen LogP) is 2.49. The number of hydrogen-bond donors (Lipinski definition) is 3. The van der Waals surface area contributed by atoms with E-state index in [4.69, 9.17) is 23.2 Å². The Labute approximate surface area is 178 Å². The molecule has 3 aromatic rings. The van der Waals surface area contributed by atoms with Gasteiger partial charge in [-0.25, -0.2) is 20.5 Å². The summed E-state index contributed by atoms with van der Waals surface area (Å²) in [6, 6.07) is 7.77. The van der Waals surface area contributed by atoms with Gasteiger partial charge in [-0.2, -0.15) is 18.3 Å². The Morgan fingerprint density at radius 2 is 2.03 bits per heavy atom. The number of hydrazine groups is 1. The van der Waals surface area contributed by atoms with Gasteiger partial charge < -0.3 is 11.1 Å². The average molecular weight is 454 g/mol. The Morgan fingerprint density at radius 1 is 1.29 bits per heavy atom. The van der Waals surface area contributed by atoms with Crippen molar-refractivity contribution < 1.29 is 22.8 Å². The second-order valence-electron chi connectivity index (χ2n) is 6.14. The molecular weight excluding hydrogens is 439 g/mol. The second kappa shape index (κ2) is 8.71. The van der Waals surface area contributed by atoms with Crippen molar-refractivity contribution in [2.45, 2.75) is 12.7 Å². The lowest BCUT2D eigenvalue weighted by Crippen LogP contribution is -2.31. The van der Waals surface area contributed by atoms with Gasteiger partial charge in [0.1, 0.15) is 5.69 Å². The molecule has 2 heterocycles. The van der Waals surface area contributed by atoms with Crippen LogP contribution in [0.5, 0.6) is 0 Å². The molecule has 0 fully saturated rings. The molecule has 0 radical (unpaired) electrons. The van der Waals surface area contributed by atoms with Gasteiger partial charge in [0, 0.05) is 23.8 Å². The van der Waals surface area contributed by atoms with E-state index in [0.29, 0.717) is 16.6 Å². The fourth-order valence-corrected chi connectivity index (χ4v) is 2.96. The summed E-state index contributed by atoms with van der Waals surface area (Å²) in [5.74, 6) is 4.65. The van der Waals surface area contributed by atoms with E-state index in [1.807, 2.05) is 0 Å². The third kappa shape index (κ3) is 4.66. The summed E-state index contributed by atoms with van der Waals surface area (Å²) in [6.45, 7) is -0.108. The molecule has 5 N–H and O–H groups in total. The summed E-state index contributed by atoms with van der Waals surface area (Å²) in [6.07, 6.45) is -3.19.